The van der Waals surface area contributed by atoms with E-state index < -0.39 is 23.4 Å². The van der Waals surface area contributed by atoms with Crippen LogP contribution in [0.25, 0.3) is 0 Å². The second-order valence-electron chi connectivity index (χ2n) is 7.90. The van der Waals surface area contributed by atoms with E-state index in [-0.39, 0.29) is 5.69 Å². The number of nitrogens with one attached hydrogen (secondary N) is 2. The molecule has 0 aliphatic carbocycles. The Bertz CT molecular complexity index is 1110. The van der Waals surface area contributed by atoms with E-state index in [0.717, 1.165) is 38.5 Å². The molecule has 1 aliphatic heterocycles. The summed E-state index contributed by atoms with van der Waals surface area (Å²) in [5.74, 6) is -1.28. The lowest BCUT2D eigenvalue weighted by Gasteiger charge is -2.27. The highest BCUT2D eigenvalue weighted by molar-refractivity contribution is 5.92. The molecular formula is C23H28FN5O3. The van der Waals surface area contributed by atoms with Crippen molar-refractivity contribution >= 4 is 17.5 Å². The number of piperidine rings is 1. The molecule has 8 nitrogen and oxygen atoms in total. The highest BCUT2D eigenvalue weighted by Gasteiger charge is 2.17. The molecule has 1 fully saturated rings. The quantitative estimate of drug-likeness (QED) is 0.645. The predicted molar refractivity (Wildman–Crippen MR) is 121 cm³/mol. The van der Waals surface area contributed by atoms with Crippen molar-refractivity contribution in [3.8, 4) is 0 Å². The zero-order valence-electron chi connectivity index (χ0n) is 18.5. The molecule has 170 valence electrons. The molecule has 0 bridgehead atoms. The molecule has 0 amide bonds. The molecule has 2 aromatic rings. The average Bonchev–Trinajstić information content (AvgIpc) is 2.76. The first-order valence-electron chi connectivity index (χ1n) is 10.6. The van der Waals surface area contributed by atoms with Crippen LogP contribution in [0.3, 0.4) is 0 Å². The Balaban J connectivity index is 2.09. The fraction of sp³-hybridized carbons (Fsp3) is 0.391. The number of aromatic amines is 1. The topological polar surface area (TPSA) is 111 Å². The number of pyridine rings is 1. The van der Waals surface area contributed by atoms with E-state index >= 15 is 0 Å². The molecule has 3 heterocycles. The summed E-state index contributed by atoms with van der Waals surface area (Å²) in [6.07, 6.45) is 4.17. The number of anilines is 2. The number of carboxylic acids is 1. The van der Waals surface area contributed by atoms with Crippen molar-refractivity contribution in [2.24, 2.45) is 0 Å². The molecule has 1 saturated heterocycles. The summed E-state index contributed by atoms with van der Waals surface area (Å²) in [5.41, 5.74) is 1.40. The number of aromatic nitrogens is 3. The molecule has 0 radical (unpaired) electrons. The van der Waals surface area contributed by atoms with E-state index in [1.165, 1.54) is 12.1 Å². The van der Waals surface area contributed by atoms with E-state index in [0.29, 0.717) is 28.5 Å². The highest BCUT2D eigenvalue weighted by Crippen LogP contribution is 2.24. The van der Waals surface area contributed by atoms with E-state index in [1.807, 2.05) is 0 Å². The number of carbonyl (C=O) groups is 1. The van der Waals surface area contributed by atoms with Crippen molar-refractivity contribution in [1.82, 2.24) is 15.0 Å². The molecule has 3 N–H and O–H groups in total. The average molecular weight is 442 g/mol. The predicted octanol–water partition coefficient (Wildman–Crippen LogP) is 3.91. The van der Waals surface area contributed by atoms with Crippen LogP contribution >= 0.6 is 0 Å². The maximum absolute atomic E-state index is 14.5. The first-order chi connectivity index (χ1) is 15.2. The molecule has 32 heavy (non-hydrogen) atoms. The van der Waals surface area contributed by atoms with Gasteiger partial charge >= 0.3 is 5.97 Å². The van der Waals surface area contributed by atoms with Crippen molar-refractivity contribution in [2.45, 2.75) is 46.1 Å². The largest absolute Gasteiger partial charge is 0.476 e. The van der Waals surface area contributed by atoms with Crippen LogP contribution in [0.4, 0.5) is 15.9 Å². The summed E-state index contributed by atoms with van der Waals surface area (Å²) in [6.45, 7) is 6.84. The van der Waals surface area contributed by atoms with Gasteiger partial charge in [0.25, 0.3) is 5.56 Å². The molecular weight excluding hydrogens is 413 g/mol. The lowest BCUT2D eigenvalue weighted by atomic mass is 10.1. The Hall–Kier alpha value is -3.49. The number of hydrogen-bond acceptors (Lipinski definition) is 6. The number of rotatable bonds is 5. The molecule has 3 rings (SSSR count). The number of aryl methyl sites for hydroxylation is 2. The van der Waals surface area contributed by atoms with Gasteiger partial charge in [-0.3, -0.25) is 4.79 Å². The van der Waals surface area contributed by atoms with Crippen LogP contribution in [0.2, 0.25) is 0 Å². The third-order valence-corrected chi connectivity index (χ3v) is 5.36. The minimum absolute atomic E-state index is 0.107. The minimum Gasteiger partial charge on any atom is -0.476 e. The summed E-state index contributed by atoms with van der Waals surface area (Å²) in [6, 6.07) is 5.53. The number of halogens is 1. The van der Waals surface area contributed by atoms with Crippen molar-refractivity contribution in [3.05, 3.63) is 69.3 Å². The molecule has 2 aromatic heterocycles. The van der Waals surface area contributed by atoms with Crippen LogP contribution in [0.1, 0.15) is 59.7 Å². The zero-order valence-corrected chi connectivity index (χ0v) is 18.5. The Morgan fingerprint density at radius 3 is 2.59 bits per heavy atom. The number of aromatic carboxylic acids is 1. The van der Waals surface area contributed by atoms with Crippen LogP contribution < -0.4 is 15.8 Å². The third-order valence-electron chi connectivity index (χ3n) is 5.36. The second kappa shape index (κ2) is 10.2. The fourth-order valence-electron chi connectivity index (χ4n) is 3.73. The summed E-state index contributed by atoms with van der Waals surface area (Å²) in [7, 11) is 0. The van der Waals surface area contributed by atoms with Gasteiger partial charge in [0.2, 0.25) is 0 Å². The lowest BCUT2D eigenvalue weighted by molar-refractivity contribution is 0.0691. The van der Waals surface area contributed by atoms with Gasteiger partial charge in [0.15, 0.2) is 5.69 Å². The summed E-state index contributed by atoms with van der Waals surface area (Å²) < 4.78 is 14.5. The summed E-state index contributed by atoms with van der Waals surface area (Å²) in [5, 5.41) is 12.6. The van der Waals surface area contributed by atoms with Gasteiger partial charge in [-0.25, -0.2) is 19.2 Å². The molecule has 0 spiro atoms. The smallest absolute Gasteiger partial charge is 0.356 e. The van der Waals surface area contributed by atoms with Gasteiger partial charge in [0.1, 0.15) is 11.6 Å². The van der Waals surface area contributed by atoms with Crippen LogP contribution in [0, 0.1) is 19.7 Å². The zero-order chi connectivity index (χ0) is 23.3. The Labute approximate surface area is 185 Å². The maximum atomic E-state index is 14.5. The van der Waals surface area contributed by atoms with Gasteiger partial charge in [0, 0.05) is 36.7 Å². The Kier molecular flexibility index (Phi) is 7.40. The van der Waals surface area contributed by atoms with Gasteiger partial charge in [-0.2, -0.15) is 0 Å². The van der Waals surface area contributed by atoms with Gasteiger partial charge < -0.3 is 20.3 Å². The van der Waals surface area contributed by atoms with Gasteiger partial charge in [-0.1, -0.05) is 0 Å². The van der Waals surface area contributed by atoms with Crippen molar-refractivity contribution in [2.75, 3.05) is 23.3 Å². The van der Waals surface area contributed by atoms with Crippen LogP contribution in [-0.2, 0) is 0 Å². The molecule has 1 unspecified atom stereocenters. The van der Waals surface area contributed by atoms with E-state index in [4.69, 9.17) is 0 Å². The van der Waals surface area contributed by atoms with Crippen LogP contribution in [0.15, 0.2) is 35.3 Å². The molecule has 0 aromatic carbocycles. The molecule has 1 aliphatic rings. The highest BCUT2D eigenvalue weighted by atomic mass is 19.1. The summed E-state index contributed by atoms with van der Waals surface area (Å²) in [4.78, 5) is 37.1. The van der Waals surface area contributed by atoms with Crippen LogP contribution in [-0.4, -0.2) is 39.1 Å². The number of carboxylic acid groups (broad SMARTS) is 1. The van der Waals surface area contributed by atoms with Crippen molar-refractivity contribution in [1.29, 1.82) is 0 Å². The second-order valence-corrected chi connectivity index (χ2v) is 7.90. The van der Waals surface area contributed by atoms with Crippen molar-refractivity contribution in [3.63, 3.8) is 0 Å². The van der Waals surface area contributed by atoms with E-state index in [1.54, 1.807) is 32.9 Å². The normalized spacial score (nSPS) is 14.4. The fourth-order valence-corrected chi connectivity index (χ4v) is 3.73. The van der Waals surface area contributed by atoms with Crippen LogP contribution in [0.5, 0.6) is 0 Å². The standard InChI is InChI=1S/C23H28FN5O3/c1-14-7-8-19(22(26-14)23(31)32)27-15(2)18-11-17(24)13-25-21(30)12-20(28-16(18)3)29-9-5-4-6-10-29/h7-8,11-13,15,27H,4-6,9-10H2,1-3H3,(H,25,30)(H,31,32). The van der Waals surface area contributed by atoms with E-state index in [2.05, 4.69) is 25.2 Å². The molecule has 0 saturated carbocycles. The van der Waals surface area contributed by atoms with Gasteiger partial charge in [0.05, 0.1) is 11.7 Å². The number of nitrogens with zero attached hydrogens (tertiary/aromatic N) is 3. The van der Waals surface area contributed by atoms with E-state index in [9.17, 15) is 19.1 Å². The monoisotopic (exact) mass is 441 g/mol. The lowest BCUT2D eigenvalue weighted by Crippen LogP contribution is -2.30. The maximum Gasteiger partial charge on any atom is 0.356 e. The van der Waals surface area contributed by atoms with Gasteiger partial charge in [-0.15, -0.1) is 0 Å². The van der Waals surface area contributed by atoms with Crippen molar-refractivity contribution < 1.29 is 14.3 Å². The molecule has 9 heteroatoms. The SMILES string of the molecule is Cc1ccc(NC(C)c2cc(F)c[nH]c(=O)cc(N3CCCCC3)nc2C)c(C(=O)O)n1. The molecule has 1 atom stereocenters. The van der Waals surface area contributed by atoms with Gasteiger partial charge in [-0.05, 0) is 63.8 Å². The third kappa shape index (κ3) is 5.81. The Morgan fingerprint density at radius 1 is 1.19 bits per heavy atom. The first kappa shape index (κ1) is 23.2. The minimum atomic E-state index is -1.15. The number of H-pyrrole nitrogens is 1. The Morgan fingerprint density at radius 2 is 1.91 bits per heavy atom. The summed E-state index contributed by atoms with van der Waals surface area (Å²) >= 11 is 0. The first-order valence-corrected chi connectivity index (χ1v) is 10.6. The number of hydrogen-bond donors (Lipinski definition) is 3.